The van der Waals surface area contributed by atoms with Gasteiger partial charge < -0.3 is 10.1 Å². The summed E-state index contributed by atoms with van der Waals surface area (Å²) in [6.07, 6.45) is 1.04. The van der Waals surface area contributed by atoms with Gasteiger partial charge in [0.05, 0.1) is 19.7 Å². The Morgan fingerprint density at radius 2 is 2.22 bits per heavy atom. The Morgan fingerprint density at radius 1 is 1.39 bits per heavy atom. The van der Waals surface area contributed by atoms with Gasteiger partial charge in [0.15, 0.2) is 0 Å². The van der Waals surface area contributed by atoms with Gasteiger partial charge in [-0.3, -0.25) is 9.69 Å². The van der Waals surface area contributed by atoms with Crippen LogP contribution in [0, 0.1) is 0 Å². The molecule has 4 nitrogen and oxygen atoms in total. The molecule has 1 aromatic heterocycles. The van der Waals surface area contributed by atoms with Crippen molar-refractivity contribution in [3.8, 4) is 5.75 Å². The zero-order chi connectivity index (χ0) is 16.2. The highest BCUT2D eigenvalue weighted by Crippen LogP contribution is 2.25. The minimum atomic E-state index is -0.0693. The van der Waals surface area contributed by atoms with Gasteiger partial charge in [-0.2, -0.15) is 0 Å². The largest absolute Gasteiger partial charge is 0.496 e. The Bertz CT molecular complexity index is 683. The van der Waals surface area contributed by atoms with Crippen LogP contribution in [0.15, 0.2) is 35.7 Å². The fraction of sp³-hybridized carbons (Fsp3) is 0.389. The standard InChI is InChI=1S/C18H22N2O2S/c1-13(15-5-3-4-6-16(15)22-2)19-18(21)12-20-9-7-17-14(11-20)8-10-23-17/h3-6,8,10,13H,7,9,11-12H2,1-2H3,(H,19,21)/t13-/m0/s1. The van der Waals surface area contributed by atoms with E-state index in [2.05, 4.69) is 21.7 Å². The Balaban J connectivity index is 1.57. The lowest BCUT2D eigenvalue weighted by atomic mass is 10.1. The SMILES string of the molecule is COc1ccccc1[C@H](C)NC(=O)CN1CCc2sccc2C1. The van der Waals surface area contributed by atoms with Crippen LogP contribution >= 0.6 is 11.3 Å². The van der Waals surface area contributed by atoms with Crippen molar-refractivity contribution >= 4 is 17.2 Å². The van der Waals surface area contributed by atoms with E-state index in [1.807, 2.05) is 42.5 Å². The molecule has 1 atom stereocenters. The van der Waals surface area contributed by atoms with Crippen LogP contribution in [0.4, 0.5) is 0 Å². The van der Waals surface area contributed by atoms with E-state index in [4.69, 9.17) is 4.74 Å². The third-order valence-electron chi connectivity index (χ3n) is 4.24. The van der Waals surface area contributed by atoms with Gasteiger partial charge in [-0.1, -0.05) is 18.2 Å². The number of rotatable bonds is 5. The van der Waals surface area contributed by atoms with E-state index in [1.54, 1.807) is 7.11 Å². The van der Waals surface area contributed by atoms with Gasteiger partial charge in [0.1, 0.15) is 5.75 Å². The average molecular weight is 330 g/mol. The molecule has 0 radical (unpaired) electrons. The lowest BCUT2D eigenvalue weighted by Crippen LogP contribution is -2.40. The number of carbonyl (C=O) groups excluding carboxylic acids is 1. The molecule has 0 fully saturated rings. The van der Waals surface area contributed by atoms with E-state index in [9.17, 15) is 4.79 Å². The van der Waals surface area contributed by atoms with Crippen LogP contribution in [-0.2, 0) is 17.8 Å². The number of hydrogen-bond acceptors (Lipinski definition) is 4. The Kier molecular flexibility index (Phi) is 4.98. The zero-order valence-electron chi connectivity index (χ0n) is 13.5. The molecule has 1 aromatic carbocycles. The second-order valence-corrected chi connectivity index (χ2v) is 6.86. The number of thiophene rings is 1. The van der Waals surface area contributed by atoms with Crippen LogP contribution in [0.3, 0.4) is 0 Å². The van der Waals surface area contributed by atoms with Gasteiger partial charge in [0, 0.05) is 23.5 Å². The first-order valence-electron chi connectivity index (χ1n) is 7.87. The number of nitrogens with zero attached hydrogens (tertiary/aromatic N) is 1. The number of benzene rings is 1. The summed E-state index contributed by atoms with van der Waals surface area (Å²) in [5.74, 6) is 0.864. The lowest BCUT2D eigenvalue weighted by molar-refractivity contribution is -0.123. The number of hydrogen-bond donors (Lipinski definition) is 1. The molecule has 2 aromatic rings. The zero-order valence-corrected chi connectivity index (χ0v) is 14.4. The molecule has 122 valence electrons. The maximum atomic E-state index is 12.4. The highest BCUT2D eigenvalue weighted by Gasteiger charge is 2.20. The van der Waals surface area contributed by atoms with E-state index < -0.39 is 0 Å². The predicted molar refractivity (Wildman–Crippen MR) is 92.9 cm³/mol. The maximum absolute atomic E-state index is 12.4. The fourth-order valence-electron chi connectivity index (χ4n) is 3.03. The third kappa shape index (κ3) is 3.74. The molecule has 0 saturated heterocycles. The van der Waals surface area contributed by atoms with E-state index >= 15 is 0 Å². The van der Waals surface area contributed by atoms with E-state index in [1.165, 1.54) is 10.4 Å². The molecule has 1 aliphatic heterocycles. The topological polar surface area (TPSA) is 41.6 Å². The molecule has 3 rings (SSSR count). The Morgan fingerprint density at radius 3 is 3.04 bits per heavy atom. The monoisotopic (exact) mass is 330 g/mol. The summed E-state index contributed by atoms with van der Waals surface area (Å²) in [7, 11) is 1.65. The second kappa shape index (κ2) is 7.15. The van der Waals surface area contributed by atoms with E-state index in [0.717, 1.165) is 30.8 Å². The summed E-state index contributed by atoms with van der Waals surface area (Å²) >= 11 is 1.82. The number of carbonyl (C=O) groups is 1. The van der Waals surface area contributed by atoms with Gasteiger partial charge in [0.25, 0.3) is 0 Å². The molecule has 5 heteroatoms. The summed E-state index contributed by atoms with van der Waals surface area (Å²) in [6.45, 7) is 4.25. The molecule has 0 aliphatic carbocycles. The number of amides is 1. The van der Waals surface area contributed by atoms with Crippen LogP contribution in [-0.4, -0.2) is 31.0 Å². The predicted octanol–water partition coefficient (Wildman–Crippen LogP) is 2.99. The van der Waals surface area contributed by atoms with Crippen molar-refractivity contribution in [1.29, 1.82) is 0 Å². The van der Waals surface area contributed by atoms with Gasteiger partial charge in [0.2, 0.25) is 5.91 Å². The van der Waals surface area contributed by atoms with Crippen molar-refractivity contribution in [2.75, 3.05) is 20.2 Å². The van der Waals surface area contributed by atoms with Gasteiger partial charge >= 0.3 is 0 Å². The maximum Gasteiger partial charge on any atom is 0.234 e. The van der Waals surface area contributed by atoms with Crippen LogP contribution in [0.2, 0.25) is 0 Å². The average Bonchev–Trinajstić information content (AvgIpc) is 3.02. The molecule has 0 saturated carbocycles. The first-order chi connectivity index (χ1) is 11.2. The molecule has 2 heterocycles. The smallest absolute Gasteiger partial charge is 0.234 e. The molecule has 0 spiro atoms. The van der Waals surface area contributed by atoms with Crippen molar-refractivity contribution in [2.24, 2.45) is 0 Å². The summed E-state index contributed by atoms with van der Waals surface area (Å²) in [4.78, 5) is 16.0. The number of para-hydroxylation sites is 1. The molecule has 1 aliphatic rings. The van der Waals surface area contributed by atoms with Crippen LogP contribution in [0.1, 0.15) is 29.0 Å². The summed E-state index contributed by atoms with van der Waals surface area (Å²) in [5, 5.41) is 5.21. The molecule has 1 amide bonds. The molecule has 0 bridgehead atoms. The molecule has 23 heavy (non-hydrogen) atoms. The van der Waals surface area contributed by atoms with Crippen LogP contribution in [0.25, 0.3) is 0 Å². The Labute approximate surface area is 141 Å². The summed E-state index contributed by atoms with van der Waals surface area (Å²) in [6, 6.07) is 9.90. The highest BCUT2D eigenvalue weighted by atomic mass is 32.1. The fourth-order valence-corrected chi connectivity index (χ4v) is 3.92. The number of nitrogens with one attached hydrogen (secondary N) is 1. The first kappa shape index (κ1) is 16.0. The quantitative estimate of drug-likeness (QED) is 0.916. The van der Waals surface area contributed by atoms with Gasteiger partial charge in [-0.05, 0) is 36.4 Å². The van der Waals surface area contributed by atoms with E-state index in [-0.39, 0.29) is 11.9 Å². The van der Waals surface area contributed by atoms with Crippen LogP contribution < -0.4 is 10.1 Å². The van der Waals surface area contributed by atoms with Crippen molar-refractivity contribution in [2.45, 2.75) is 25.9 Å². The third-order valence-corrected chi connectivity index (χ3v) is 5.26. The highest BCUT2D eigenvalue weighted by molar-refractivity contribution is 7.10. The number of ether oxygens (including phenoxy) is 1. The van der Waals surface area contributed by atoms with Crippen molar-refractivity contribution in [3.05, 3.63) is 51.7 Å². The minimum absolute atomic E-state index is 0.0575. The molecular weight excluding hydrogens is 308 g/mol. The normalized spacial score (nSPS) is 15.7. The molecular formula is C18H22N2O2S. The summed E-state index contributed by atoms with van der Waals surface area (Å²) < 4.78 is 5.37. The molecule has 1 N–H and O–H groups in total. The number of fused-ring (bicyclic) bond motifs is 1. The lowest BCUT2D eigenvalue weighted by Gasteiger charge is -2.27. The first-order valence-corrected chi connectivity index (χ1v) is 8.75. The van der Waals surface area contributed by atoms with Crippen LogP contribution in [0.5, 0.6) is 5.75 Å². The molecule has 0 unspecified atom stereocenters. The van der Waals surface area contributed by atoms with E-state index in [0.29, 0.717) is 6.54 Å². The van der Waals surface area contributed by atoms with Crippen molar-refractivity contribution in [1.82, 2.24) is 10.2 Å². The Hall–Kier alpha value is -1.85. The van der Waals surface area contributed by atoms with Crippen molar-refractivity contribution in [3.63, 3.8) is 0 Å². The number of methoxy groups -OCH3 is 1. The summed E-state index contributed by atoms with van der Waals surface area (Å²) in [5.41, 5.74) is 2.37. The van der Waals surface area contributed by atoms with Gasteiger partial charge in [-0.25, -0.2) is 0 Å². The van der Waals surface area contributed by atoms with Gasteiger partial charge in [-0.15, -0.1) is 11.3 Å². The minimum Gasteiger partial charge on any atom is -0.496 e. The van der Waals surface area contributed by atoms with Crippen molar-refractivity contribution < 1.29 is 9.53 Å². The second-order valence-electron chi connectivity index (χ2n) is 5.86.